The number of thioether (sulfide) groups is 1. The molecule has 2 aliphatic heterocycles. The Bertz CT molecular complexity index is 400. The van der Waals surface area contributed by atoms with E-state index >= 15 is 0 Å². The molecule has 0 amide bonds. The Morgan fingerprint density at radius 3 is 2.89 bits per heavy atom. The Morgan fingerprint density at radius 2 is 2.16 bits per heavy atom. The smallest absolute Gasteiger partial charge is 0.0507 e. The fourth-order valence-electron chi connectivity index (χ4n) is 3.01. The van der Waals surface area contributed by atoms with Gasteiger partial charge in [-0.25, -0.2) is 0 Å². The minimum Gasteiger partial charge on any atom is -0.381 e. The summed E-state index contributed by atoms with van der Waals surface area (Å²) in [4.78, 5) is 2.68. The number of hydrogen-bond acceptors (Lipinski definition) is 3. The van der Waals surface area contributed by atoms with E-state index in [0.717, 1.165) is 19.1 Å². The van der Waals surface area contributed by atoms with Gasteiger partial charge >= 0.3 is 0 Å². The predicted octanol–water partition coefficient (Wildman–Crippen LogP) is 3.12. The zero-order valence-electron chi connectivity index (χ0n) is 11.7. The molecule has 2 aliphatic rings. The highest BCUT2D eigenvalue weighted by Crippen LogP contribution is 2.31. The van der Waals surface area contributed by atoms with Crippen LogP contribution in [0.25, 0.3) is 0 Å². The first-order valence-electron chi connectivity index (χ1n) is 7.29. The van der Waals surface area contributed by atoms with Gasteiger partial charge in [-0.3, -0.25) is 4.90 Å². The Hall–Kier alpha value is -0.510. The summed E-state index contributed by atoms with van der Waals surface area (Å²) >= 11 is 2.09. The van der Waals surface area contributed by atoms with E-state index in [9.17, 15) is 0 Å². The summed E-state index contributed by atoms with van der Waals surface area (Å²) in [7, 11) is 0. The van der Waals surface area contributed by atoms with Crippen LogP contribution in [-0.4, -0.2) is 42.7 Å². The molecule has 0 bridgehead atoms. The van der Waals surface area contributed by atoms with Crippen molar-refractivity contribution in [1.82, 2.24) is 4.90 Å². The Labute approximate surface area is 120 Å². The highest BCUT2D eigenvalue weighted by atomic mass is 32.2. The van der Waals surface area contributed by atoms with Gasteiger partial charge in [0.05, 0.1) is 6.61 Å². The van der Waals surface area contributed by atoms with Crippen molar-refractivity contribution < 1.29 is 4.74 Å². The average molecular weight is 277 g/mol. The molecule has 2 atom stereocenters. The molecule has 2 saturated heterocycles. The van der Waals surface area contributed by atoms with E-state index in [2.05, 4.69) is 47.9 Å². The maximum Gasteiger partial charge on any atom is 0.0507 e. The van der Waals surface area contributed by atoms with Crippen LogP contribution in [0.5, 0.6) is 0 Å². The van der Waals surface area contributed by atoms with Gasteiger partial charge in [0.15, 0.2) is 0 Å². The van der Waals surface area contributed by atoms with Gasteiger partial charge in [0.2, 0.25) is 0 Å². The van der Waals surface area contributed by atoms with Gasteiger partial charge in [-0.15, -0.1) is 0 Å². The van der Waals surface area contributed by atoms with Crippen LogP contribution in [0.3, 0.4) is 0 Å². The normalized spacial score (nSPS) is 28.7. The van der Waals surface area contributed by atoms with Crippen molar-refractivity contribution in [2.75, 3.05) is 37.8 Å². The summed E-state index contributed by atoms with van der Waals surface area (Å²) in [6.07, 6.45) is 1.24. The molecule has 2 fully saturated rings. The number of rotatable bonds is 3. The average Bonchev–Trinajstić information content (AvgIpc) is 2.93. The second-order valence-electron chi connectivity index (χ2n) is 5.73. The molecule has 0 aliphatic carbocycles. The SMILES string of the molecule is Cc1ccc([C@@H]2CSCCN2C[C@@H]2CCOC2)cc1. The minimum absolute atomic E-state index is 0.597. The molecule has 3 heteroatoms. The molecule has 0 aromatic heterocycles. The minimum atomic E-state index is 0.597. The maximum absolute atomic E-state index is 5.52. The fraction of sp³-hybridized carbons (Fsp3) is 0.625. The molecule has 2 heterocycles. The number of benzene rings is 1. The lowest BCUT2D eigenvalue weighted by molar-refractivity contribution is 0.152. The van der Waals surface area contributed by atoms with Crippen molar-refractivity contribution in [2.24, 2.45) is 5.92 Å². The zero-order valence-corrected chi connectivity index (χ0v) is 12.5. The van der Waals surface area contributed by atoms with Crippen LogP contribution in [0, 0.1) is 12.8 Å². The Balaban J connectivity index is 1.70. The Kier molecular flexibility index (Phi) is 4.46. The van der Waals surface area contributed by atoms with E-state index in [1.165, 1.54) is 42.1 Å². The van der Waals surface area contributed by atoms with Crippen LogP contribution in [0.4, 0.5) is 0 Å². The molecular formula is C16H23NOS. The van der Waals surface area contributed by atoms with Crippen LogP contribution in [0.1, 0.15) is 23.6 Å². The molecule has 104 valence electrons. The predicted molar refractivity (Wildman–Crippen MR) is 81.7 cm³/mol. The lowest BCUT2D eigenvalue weighted by Crippen LogP contribution is -2.39. The molecule has 0 unspecified atom stereocenters. The summed E-state index contributed by atoms with van der Waals surface area (Å²) in [5.74, 6) is 3.25. The molecule has 0 radical (unpaired) electrons. The van der Waals surface area contributed by atoms with Gasteiger partial charge in [-0.2, -0.15) is 11.8 Å². The van der Waals surface area contributed by atoms with Gasteiger partial charge in [-0.1, -0.05) is 29.8 Å². The fourth-order valence-corrected chi connectivity index (χ4v) is 4.17. The highest BCUT2D eigenvalue weighted by Gasteiger charge is 2.27. The summed E-state index contributed by atoms with van der Waals surface area (Å²) in [6, 6.07) is 9.70. The molecular weight excluding hydrogens is 254 g/mol. The number of nitrogens with zero attached hydrogens (tertiary/aromatic N) is 1. The number of ether oxygens (including phenoxy) is 1. The molecule has 2 nitrogen and oxygen atoms in total. The van der Waals surface area contributed by atoms with Crippen molar-refractivity contribution in [1.29, 1.82) is 0 Å². The number of aryl methyl sites for hydroxylation is 1. The van der Waals surface area contributed by atoms with Crippen LogP contribution in [0.2, 0.25) is 0 Å². The molecule has 1 aromatic carbocycles. The van der Waals surface area contributed by atoms with E-state index in [4.69, 9.17) is 4.74 Å². The van der Waals surface area contributed by atoms with Gasteiger partial charge in [0, 0.05) is 37.2 Å². The first kappa shape index (κ1) is 13.5. The molecule has 0 spiro atoms. The van der Waals surface area contributed by atoms with E-state index in [0.29, 0.717) is 6.04 Å². The summed E-state index contributed by atoms with van der Waals surface area (Å²) in [5, 5.41) is 0. The monoisotopic (exact) mass is 277 g/mol. The maximum atomic E-state index is 5.52. The molecule has 0 saturated carbocycles. The van der Waals surface area contributed by atoms with E-state index in [1.807, 2.05) is 0 Å². The molecule has 3 rings (SSSR count). The van der Waals surface area contributed by atoms with Crippen LogP contribution in [-0.2, 0) is 4.74 Å². The molecule has 19 heavy (non-hydrogen) atoms. The Morgan fingerprint density at radius 1 is 1.32 bits per heavy atom. The van der Waals surface area contributed by atoms with Crippen molar-refractivity contribution in [3.63, 3.8) is 0 Å². The summed E-state index contributed by atoms with van der Waals surface area (Å²) in [5.41, 5.74) is 2.83. The van der Waals surface area contributed by atoms with Crippen molar-refractivity contribution in [3.05, 3.63) is 35.4 Å². The first-order valence-corrected chi connectivity index (χ1v) is 8.44. The van der Waals surface area contributed by atoms with Gasteiger partial charge in [0.1, 0.15) is 0 Å². The summed E-state index contributed by atoms with van der Waals surface area (Å²) in [6.45, 7) is 6.51. The van der Waals surface area contributed by atoms with Crippen molar-refractivity contribution in [2.45, 2.75) is 19.4 Å². The number of hydrogen-bond donors (Lipinski definition) is 0. The van der Waals surface area contributed by atoms with E-state index in [-0.39, 0.29) is 0 Å². The van der Waals surface area contributed by atoms with Gasteiger partial charge < -0.3 is 4.74 Å². The quantitative estimate of drug-likeness (QED) is 0.842. The largest absolute Gasteiger partial charge is 0.381 e. The van der Waals surface area contributed by atoms with Gasteiger partial charge in [0.25, 0.3) is 0 Å². The van der Waals surface area contributed by atoms with Crippen LogP contribution < -0.4 is 0 Å². The summed E-state index contributed by atoms with van der Waals surface area (Å²) < 4.78 is 5.52. The van der Waals surface area contributed by atoms with Crippen molar-refractivity contribution >= 4 is 11.8 Å². The van der Waals surface area contributed by atoms with E-state index < -0.39 is 0 Å². The van der Waals surface area contributed by atoms with Crippen LogP contribution in [0.15, 0.2) is 24.3 Å². The van der Waals surface area contributed by atoms with Gasteiger partial charge in [-0.05, 0) is 24.8 Å². The third-order valence-corrected chi connectivity index (χ3v) is 5.24. The third kappa shape index (κ3) is 3.33. The second-order valence-corrected chi connectivity index (χ2v) is 6.88. The zero-order chi connectivity index (χ0) is 13.1. The topological polar surface area (TPSA) is 12.5 Å². The third-order valence-electron chi connectivity index (χ3n) is 4.22. The molecule has 1 aromatic rings. The lowest BCUT2D eigenvalue weighted by Gasteiger charge is -2.37. The highest BCUT2D eigenvalue weighted by molar-refractivity contribution is 7.99. The second kappa shape index (κ2) is 6.29. The molecule has 0 N–H and O–H groups in total. The van der Waals surface area contributed by atoms with E-state index in [1.54, 1.807) is 0 Å². The standard InChI is InChI=1S/C16H23NOS/c1-13-2-4-15(5-3-13)16-12-19-9-7-17(16)10-14-6-8-18-11-14/h2-5,14,16H,6-12H2,1H3/t14-,16-/m0/s1. The van der Waals surface area contributed by atoms with Crippen LogP contribution >= 0.6 is 11.8 Å². The van der Waals surface area contributed by atoms with Crippen molar-refractivity contribution in [3.8, 4) is 0 Å². The lowest BCUT2D eigenvalue weighted by atomic mass is 10.0. The first-order chi connectivity index (χ1) is 9.33.